The summed E-state index contributed by atoms with van der Waals surface area (Å²) < 4.78 is 1.90. The first-order valence-corrected chi connectivity index (χ1v) is 5.54. The molecule has 0 saturated heterocycles. The average molecular weight is 193 g/mol. The van der Waals surface area contributed by atoms with E-state index in [0.29, 0.717) is 12.0 Å². The zero-order valence-corrected chi connectivity index (χ0v) is 9.03. The summed E-state index contributed by atoms with van der Waals surface area (Å²) in [4.78, 5) is 0. The van der Waals surface area contributed by atoms with Gasteiger partial charge >= 0.3 is 0 Å². The third-order valence-electron chi connectivity index (χ3n) is 3.10. The first kappa shape index (κ1) is 9.71. The van der Waals surface area contributed by atoms with Crippen molar-refractivity contribution in [2.24, 2.45) is 7.05 Å². The van der Waals surface area contributed by atoms with Crippen LogP contribution in [0.5, 0.6) is 0 Å². The molecule has 3 heteroatoms. The maximum atomic E-state index is 4.50. The molecular formula is C11H19N3. The Morgan fingerprint density at radius 2 is 2.43 bits per heavy atom. The van der Waals surface area contributed by atoms with Crippen LogP contribution in [-0.2, 0) is 7.05 Å². The Hall–Kier alpha value is -0.830. The van der Waals surface area contributed by atoms with Crippen molar-refractivity contribution in [3.05, 3.63) is 18.0 Å². The van der Waals surface area contributed by atoms with Crippen molar-refractivity contribution in [3.63, 3.8) is 0 Å². The summed E-state index contributed by atoms with van der Waals surface area (Å²) in [5.74, 6) is 0.635. The topological polar surface area (TPSA) is 29.9 Å². The summed E-state index contributed by atoms with van der Waals surface area (Å²) in [6, 6.07) is 2.80. The third kappa shape index (κ3) is 1.82. The molecule has 1 aliphatic rings. The molecule has 1 N–H and O–H groups in total. The van der Waals surface area contributed by atoms with Gasteiger partial charge in [-0.1, -0.05) is 13.3 Å². The summed E-state index contributed by atoms with van der Waals surface area (Å²) in [5.41, 5.74) is 1.26. The molecule has 1 aromatic heterocycles. The van der Waals surface area contributed by atoms with Gasteiger partial charge in [0.25, 0.3) is 0 Å². The number of hydrogen-bond acceptors (Lipinski definition) is 2. The lowest BCUT2D eigenvalue weighted by atomic mass is 10.00. The SMILES string of the molecule is CCNC1CCCC1c1ccn(C)n1. The predicted octanol–water partition coefficient (Wildman–Crippen LogP) is 1.67. The molecule has 2 unspecified atom stereocenters. The quantitative estimate of drug-likeness (QED) is 0.791. The van der Waals surface area contributed by atoms with E-state index in [1.165, 1.54) is 25.0 Å². The van der Waals surface area contributed by atoms with Crippen molar-refractivity contribution in [1.29, 1.82) is 0 Å². The van der Waals surface area contributed by atoms with Gasteiger partial charge in [-0.3, -0.25) is 4.68 Å². The number of nitrogens with one attached hydrogen (secondary N) is 1. The molecule has 0 spiro atoms. The van der Waals surface area contributed by atoms with Gasteiger partial charge in [0.05, 0.1) is 5.69 Å². The molecule has 2 atom stereocenters. The van der Waals surface area contributed by atoms with Crippen LogP contribution in [-0.4, -0.2) is 22.4 Å². The van der Waals surface area contributed by atoms with E-state index in [4.69, 9.17) is 0 Å². The first-order valence-electron chi connectivity index (χ1n) is 5.54. The molecule has 78 valence electrons. The fraction of sp³-hybridized carbons (Fsp3) is 0.727. The minimum absolute atomic E-state index is 0.635. The number of rotatable bonds is 3. The van der Waals surface area contributed by atoms with Crippen molar-refractivity contribution in [2.75, 3.05) is 6.54 Å². The van der Waals surface area contributed by atoms with Crippen molar-refractivity contribution >= 4 is 0 Å². The van der Waals surface area contributed by atoms with Crippen LogP contribution < -0.4 is 5.32 Å². The minimum Gasteiger partial charge on any atom is -0.314 e. The van der Waals surface area contributed by atoms with Crippen molar-refractivity contribution < 1.29 is 0 Å². The Kier molecular flexibility index (Phi) is 2.87. The molecule has 2 rings (SSSR count). The van der Waals surface area contributed by atoms with Gasteiger partial charge in [-0.2, -0.15) is 5.10 Å². The molecule has 3 nitrogen and oxygen atoms in total. The van der Waals surface area contributed by atoms with E-state index < -0.39 is 0 Å². The van der Waals surface area contributed by atoms with Crippen LogP contribution in [0.2, 0.25) is 0 Å². The fourth-order valence-electron chi connectivity index (χ4n) is 2.45. The first-order chi connectivity index (χ1) is 6.81. The van der Waals surface area contributed by atoms with Gasteiger partial charge < -0.3 is 5.32 Å². The second-order valence-electron chi connectivity index (χ2n) is 4.12. The van der Waals surface area contributed by atoms with Gasteiger partial charge in [-0.05, 0) is 25.5 Å². The highest BCUT2D eigenvalue weighted by atomic mass is 15.2. The van der Waals surface area contributed by atoms with Gasteiger partial charge in [0.15, 0.2) is 0 Å². The van der Waals surface area contributed by atoms with Crippen LogP contribution in [0, 0.1) is 0 Å². The Morgan fingerprint density at radius 1 is 1.57 bits per heavy atom. The third-order valence-corrected chi connectivity index (χ3v) is 3.10. The van der Waals surface area contributed by atoms with Crippen LogP contribution in [0.4, 0.5) is 0 Å². The lowest BCUT2D eigenvalue weighted by Gasteiger charge is -2.18. The van der Waals surface area contributed by atoms with E-state index in [2.05, 4.69) is 23.4 Å². The molecule has 1 saturated carbocycles. The number of hydrogen-bond donors (Lipinski definition) is 1. The van der Waals surface area contributed by atoms with Crippen LogP contribution in [0.3, 0.4) is 0 Å². The van der Waals surface area contributed by atoms with Crippen LogP contribution in [0.15, 0.2) is 12.3 Å². The molecule has 0 bridgehead atoms. The van der Waals surface area contributed by atoms with Gasteiger partial charge in [0, 0.05) is 25.2 Å². The van der Waals surface area contributed by atoms with Gasteiger partial charge in [0.1, 0.15) is 0 Å². The van der Waals surface area contributed by atoms with E-state index in [1.54, 1.807) is 0 Å². The van der Waals surface area contributed by atoms with Gasteiger partial charge in [-0.25, -0.2) is 0 Å². The van der Waals surface area contributed by atoms with E-state index >= 15 is 0 Å². The van der Waals surface area contributed by atoms with E-state index in [0.717, 1.165) is 6.54 Å². The number of aromatic nitrogens is 2. The highest BCUT2D eigenvalue weighted by Gasteiger charge is 2.29. The summed E-state index contributed by atoms with van der Waals surface area (Å²) in [6.45, 7) is 3.24. The van der Waals surface area contributed by atoms with E-state index in [9.17, 15) is 0 Å². The monoisotopic (exact) mass is 193 g/mol. The Labute approximate surface area is 85.5 Å². The predicted molar refractivity (Wildman–Crippen MR) is 57.3 cm³/mol. The Bertz CT molecular complexity index is 292. The van der Waals surface area contributed by atoms with Crippen LogP contribution in [0.25, 0.3) is 0 Å². The lowest BCUT2D eigenvalue weighted by Crippen LogP contribution is -2.31. The Morgan fingerprint density at radius 3 is 3.07 bits per heavy atom. The maximum Gasteiger partial charge on any atom is 0.0670 e. The standard InChI is InChI=1S/C11H19N3/c1-3-12-10-6-4-5-9(10)11-7-8-14(2)13-11/h7-10,12H,3-6H2,1-2H3. The number of aryl methyl sites for hydroxylation is 1. The summed E-state index contributed by atoms with van der Waals surface area (Å²) >= 11 is 0. The zero-order valence-electron chi connectivity index (χ0n) is 9.03. The molecule has 0 aliphatic heterocycles. The summed E-state index contributed by atoms with van der Waals surface area (Å²) in [7, 11) is 1.99. The summed E-state index contributed by atoms with van der Waals surface area (Å²) in [5, 5.41) is 8.05. The molecule has 14 heavy (non-hydrogen) atoms. The van der Waals surface area contributed by atoms with E-state index in [-0.39, 0.29) is 0 Å². The Balaban J connectivity index is 2.09. The highest BCUT2D eigenvalue weighted by Crippen LogP contribution is 2.33. The second kappa shape index (κ2) is 4.13. The molecule has 1 heterocycles. The molecule has 1 aliphatic carbocycles. The molecule has 0 aromatic carbocycles. The number of likely N-dealkylation sites (N-methyl/N-ethyl adjacent to an activating group) is 1. The zero-order chi connectivity index (χ0) is 9.97. The normalized spacial score (nSPS) is 27.0. The maximum absolute atomic E-state index is 4.50. The van der Waals surface area contributed by atoms with Crippen LogP contribution >= 0.6 is 0 Å². The number of nitrogens with zero attached hydrogens (tertiary/aromatic N) is 2. The van der Waals surface area contributed by atoms with Gasteiger partial charge in [0.2, 0.25) is 0 Å². The van der Waals surface area contributed by atoms with Crippen molar-refractivity contribution in [3.8, 4) is 0 Å². The summed E-state index contributed by atoms with van der Waals surface area (Å²) in [6.07, 6.45) is 5.96. The molecule has 0 amide bonds. The molecular weight excluding hydrogens is 174 g/mol. The van der Waals surface area contributed by atoms with Gasteiger partial charge in [-0.15, -0.1) is 0 Å². The smallest absolute Gasteiger partial charge is 0.0670 e. The lowest BCUT2D eigenvalue weighted by molar-refractivity contribution is 0.482. The van der Waals surface area contributed by atoms with Crippen LogP contribution in [0.1, 0.15) is 37.8 Å². The largest absolute Gasteiger partial charge is 0.314 e. The minimum atomic E-state index is 0.635. The van der Waals surface area contributed by atoms with Crippen molar-refractivity contribution in [2.45, 2.75) is 38.1 Å². The average Bonchev–Trinajstić information content (AvgIpc) is 2.74. The fourth-order valence-corrected chi connectivity index (χ4v) is 2.45. The van der Waals surface area contributed by atoms with E-state index in [1.807, 2.05) is 17.9 Å². The second-order valence-corrected chi connectivity index (χ2v) is 4.12. The van der Waals surface area contributed by atoms with Crippen molar-refractivity contribution in [1.82, 2.24) is 15.1 Å². The molecule has 1 aromatic rings. The highest BCUT2D eigenvalue weighted by molar-refractivity contribution is 5.12. The molecule has 1 fully saturated rings. The molecule has 0 radical (unpaired) electrons.